The molecule has 19 nitrogen and oxygen atoms in total. The number of fused-ring (bicyclic) bond motifs is 4. The Morgan fingerprint density at radius 1 is 1.06 bits per heavy atom. The lowest BCUT2D eigenvalue weighted by molar-refractivity contribution is -0.137. The number of carbonyl (C=O) groups is 2. The smallest absolute Gasteiger partial charge is 0.319 e. The molecule has 5 N–H and O–H groups in total. The summed E-state index contributed by atoms with van der Waals surface area (Å²) in [7, 11) is 1.62. The van der Waals surface area contributed by atoms with Crippen molar-refractivity contribution in [1.29, 1.82) is 5.26 Å². The first-order valence-corrected chi connectivity index (χ1v) is 27.7. The number of piperazine rings is 1. The van der Waals surface area contributed by atoms with E-state index in [0.717, 1.165) is 78.1 Å². The van der Waals surface area contributed by atoms with Crippen LogP contribution in [0.4, 0.5) is 15.2 Å². The Hall–Kier alpha value is -7.87. The summed E-state index contributed by atoms with van der Waals surface area (Å²) in [5.41, 5.74) is 12.7. The van der Waals surface area contributed by atoms with E-state index in [0.29, 0.717) is 62.3 Å². The van der Waals surface area contributed by atoms with Crippen LogP contribution in [0.5, 0.6) is 11.8 Å². The summed E-state index contributed by atoms with van der Waals surface area (Å²) in [5, 5.41) is 36.2. The van der Waals surface area contributed by atoms with Crippen LogP contribution in [0.3, 0.4) is 0 Å². The topological polar surface area (TPSA) is 245 Å². The Morgan fingerprint density at radius 3 is 2.51 bits per heavy atom. The number of thiophene rings is 1. The minimum Gasteiger partial charge on any atom is -0.484 e. The number of halogens is 2. The number of nitrogens with two attached hydrogens (primary N) is 1. The zero-order valence-corrected chi connectivity index (χ0v) is 46.4. The lowest BCUT2D eigenvalue weighted by atomic mass is 10.0. The highest BCUT2D eigenvalue weighted by Crippen LogP contribution is 2.46. The van der Waals surface area contributed by atoms with Gasteiger partial charge in [-0.25, -0.2) is 9.07 Å². The van der Waals surface area contributed by atoms with Crippen molar-refractivity contribution in [3.8, 4) is 51.5 Å². The molecular formula is C58H61ClFN13O6S. The second kappa shape index (κ2) is 24.2. The first kappa shape index (κ1) is 55.4. The van der Waals surface area contributed by atoms with Gasteiger partial charge in [0.2, 0.25) is 12.3 Å². The number of rotatable bonds is 18. The molecule has 0 radical (unpaired) electrons. The minimum atomic E-state index is -0.488. The van der Waals surface area contributed by atoms with Crippen LogP contribution in [0, 0.1) is 23.1 Å². The number of carbonyl (C=O) groups excluding carboxylic acids is 2. The summed E-state index contributed by atoms with van der Waals surface area (Å²) >= 11 is 7.10. The highest BCUT2D eigenvalue weighted by Gasteiger charge is 2.40. The summed E-state index contributed by atoms with van der Waals surface area (Å²) in [6.45, 7) is 10.6. The molecule has 2 bridgehead atoms. The van der Waals surface area contributed by atoms with Crippen LogP contribution in [-0.4, -0.2) is 121 Å². The van der Waals surface area contributed by atoms with Crippen LogP contribution < -0.4 is 30.7 Å². The average Bonchev–Trinajstić information content (AvgIpc) is 4.42. The van der Waals surface area contributed by atoms with Gasteiger partial charge in [-0.15, -0.1) is 16.4 Å². The number of nitrogen functional groups attached to an aromatic ring is 1. The van der Waals surface area contributed by atoms with E-state index in [-0.39, 0.29) is 77.2 Å². The van der Waals surface area contributed by atoms with Gasteiger partial charge in [0.1, 0.15) is 58.9 Å². The number of pyridine rings is 2. The molecule has 2 amide bonds. The van der Waals surface area contributed by atoms with Gasteiger partial charge in [-0.3, -0.25) is 19.6 Å². The van der Waals surface area contributed by atoms with E-state index in [4.69, 9.17) is 46.5 Å². The van der Waals surface area contributed by atoms with E-state index >= 15 is 4.39 Å². The SMILES string of the molecule is CO[C@@H](C)COc1nc(N2CC3CC2CN3)c2cnc(-c3ccc(F)c4sc(N)c(C#N)c34)c(OCc3ccc(-c4cn(C(C(=O)N5CCCC5C)C(C)C)nn4)cc3)c2n1.O=CNC(CO)c1ccc(-c2ccncc2Cl)cc1. The molecule has 8 heterocycles. The van der Waals surface area contributed by atoms with Gasteiger partial charge in [-0.2, -0.15) is 15.2 Å². The van der Waals surface area contributed by atoms with Crippen molar-refractivity contribution in [3.05, 3.63) is 119 Å². The number of ether oxygens (including phenoxy) is 3. The van der Waals surface area contributed by atoms with E-state index < -0.39 is 11.9 Å². The standard InChI is InChI=1S/C44H48FN11O4S.C14H13ClN2O2/c1-23(2)38(43(57)54-14-6-7-24(54)3)56-20-34(52-53-56)27-10-8-26(9-11-27)22-59-39-36(30-12-13-33(45)40-35(30)31(16-46)41(47)61-40)49-18-32-37(39)50-44(60-21-25(4)58-5)51-42(32)55-19-28-15-29(55)17-48-28;15-13-7-16-6-5-12(13)10-1-3-11(4-2-10)14(8-18)17-9-19/h8-13,18,20,23-25,28-29,38,48H,6-7,14-15,17,19,21-22,47H2,1-5H3;1-7,9,14,18H,8H2,(H,17,19)/t24?,25-,28?,29?,38?;/m0./s1. The van der Waals surface area contributed by atoms with Crippen molar-refractivity contribution >= 4 is 67.1 Å². The maximum atomic E-state index is 15.3. The normalized spacial score (nSPS) is 17.8. The summed E-state index contributed by atoms with van der Waals surface area (Å²) in [5.74, 6) is 0.608. The molecule has 414 valence electrons. The molecule has 6 atom stereocenters. The lowest BCUT2D eigenvalue weighted by Gasteiger charge is -2.29. The molecule has 0 saturated carbocycles. The number of likely N-dealkylation sites (tertiary alicyclic amines) is 1. The Bertz CT molecular complexity index is 3580. The fraction of sp³-hybridized carbons (Fsp3) is 0.362. The van der Waals surface area contributed by atoms with Crippen LogP contribution in [0.1, 0.15) is 75.7 Å². The fourth-order valence-corrected chi connectivity index (χ4v) is 11.8. The number of hydrogen-bond donors (Lipinski definition) is 4. The van der Waals surface area contributed by atoms with Crippen LogP contribution in [0.25, 0.3) is 54.6 Å². The molecule has 3 aliphatic rings. The summed E-state index contributed by atoms with van der Waals surface area (Å²) in [6, 6.07) is 22.3. The van der Waals surface area contributed by atoms with Gasteiger partial charge < -0.3 is 45.5 Å². The molecule has 0 aliphatic carbocycles. The van der Waals surface area contributed by atoms with E-state index in [9.17, 15) is 20.0 Å². The quantitative estimate of drug-likeness (QED) is 0.0587. The van der Waals surface area contributed by atoms with Gasteiger partial charge in [-0.1, -0.05) is 79.2 Å². The molecule has 3 aliphatic heterocycles. The number of methoxy groups -OCH3 is 1. The minimum absolute atomic E-state index is 0.0257. The molecule has 22 heteroatoms. The molecule has 5 aromatic heterocycles. The number of anilines is 2. The van der Waals surface area contributed by atoms with Crippen molar-refractivity contribution in [2.75, 3.05) is 50.6 Å². The van der Waals surface area contributed by atoms with Gasteiger partial charge in [0.25, 0.3) is 0 Å². The van der Waals surface area contributed by atoms with Crippen LogP contribution in [0.2, 0.25) is 5.02 Å². The third-order valence-electron chi connectivity index (χ3n) is 15.0. The first-order valence-electron chi connectivity index (χ1n) is 26.5. The van der Waals surface area contributed by atoms with Crippen LogP contribution in [-0.2, 0) is 20.9 Å². The fourth-order valence-electron chi connectivity index (χ4n) is 10.7. The lowest BCUT2D eigenvalue weighted by Crippen LogP contribution is -2.44. The average molecular weight is 1120 g/mol. The van der Waals surface area contributed by atoms with Gasteiger partial charge in [0.05, 0.1) is 45.6 Å². The number of amides is 2. The third-order valence-corrected chi connectivity index (χ3v) is 16.3. The number of hydrogen-bond acceptors (Lipinski definition) is 17. The van der Waals surface area contributed by atoms with Crippen molar-refractivity contribution in [2.45, 2.75) is 89.9 Å². The summed E-state index contributed by atoms with van der Waals surface area (Å²) in [6.07, 6.45) is 10.2. The summed E-state index contributed by atoms with van der Waals surface area (Å²) in [4.78, 5) is 47.1. The third kappa shape index (κ3) is 11.3. The highest BCUT2D eigenvalue weighted by molar-refractivity contribution is 7.23. The largest absolute Gasteiger partial charge is 0.484 e. The van der Waals surface area contributed by atoms with Gasteiger partial charge in [0.15, 0.2) is 5.75 Å². The number of aliphatic hydroxyl groups is 1. The van der Waals surface area contributed by atoms with Gasteiger partial charge in [0, 0.05) is 85.5 Å². The first-order chi connectivity index (χ1) is 38.8. The monoisotopic (exact) mass is 1120 g/mol. The number of nitriles is 1. The van der Waals surface area contributed by atoms with Crippen molar-refractivity contribution in [1.82, 2.24) is 50.5 Å². The molecule has 80 heavy (non-hydrogen) atoms. The molecule has 8 aromatic rings. The zero-order valence-electron chi connectivity index (χ0n) is 44.8. The van der Waals surface area contributed by atoms with E-state index in [2.05, 4.69) is 43.8 Å². The van der Waals surface area contributed by atoms with Crippen molar-refractivity contribution < 1.29 is 33.3 Å². The molecule has 3 fully saturated rings. The van der Waals surface area contributed by atoms with E-state index in [1.807, 2.05) is 86.5 Å². The van der Waals surface area contributed by atoms with Crippen LogP contribution >= 0.6 is 22.9 Å². The second-order valence-electron chi connectivity index (χ2n) is 20.6. The Balaban J connectivity index is 0.000000320. The second-order valence-corrected chi connectivity index (χ2v) is 22.0. The molecule has 3 saturated heterocycles. The maximum Gasteiger partial charge on any atom is 0.319 e. The van der Waals surface area contributed by atoms with Crippen LogP contribution in [0.15, 0.2) is 91.5 Å². The molecule has 11 rings (SSSR count). The number of aliphatic hydroxyl groups excluding tert-OH is 1. The Kier molecular flexibility index (Phi) is 16.8. The van der Waals surface area contributed by atoms with Gasteiger partial charge >= 0.3 is 6.01 Å². The van der Waals surface area contributed by atoms with Crippen molar-refractivity contribution in [2.24, 2.45) is 5.92 Å². The number of aromatic nitrogens is 7. The van der Waals surface area contributed by atoms with Gasteiger partial charge in [-0.05, 0) is 73.9 Å². The summed E-state index contributed by atoms with van der Waals surface area (Å²) < 4.78 is 35.7. The zero-order chi connectivity index (χ0) is 56.2. The Morgan fingerprint density at radius 2 is 1.85 bits per heavy atom. The predicted octanol–water partition coefficient (Wildman–Crippen LogP) is 8.69. The van der Waals surface area contributed by atoms with Crippen molar-refractivity contribution in [3.63, 3.8) is 0 Å². The van der Waals surface area contributed by atoms with E-state index in [1.165, 1.54) is 6.07 Å². The molecule has 0 spiro atoms. The molecule has 5 unspecified atom stereocenters. The van der Waals surface area contributed by atoms with E-state index in [1.54, 1.807) is 36.4 Å². The highest BCUT2D eigenvalue weighted by atomic mass is 35.5. The predicted molar refractivity (Wildman–Crippen MR) is 305 cm³/mol. The number of nitrogens with one attached hydrogen (secondary N) is 2. The number of benzene rings is 3. The molecular weight excluding hydrogens is 1060 g/mol. The molecule has 3 aromatic carbocycles. The Labute approximate surface area is 470 Å². The maximum absolute atomic E-state index is 15.3. The number of nitrogens with zero attached hydrogens (tertiary/aromatic N) is 10.